The Balaban J connectivity index is 1.55. The number of nitrogens with one attached hydrogen (secondary N) is 2. The molecule has 1 aromatic heterocycles. The van der Waals surface area contributed by atoms with Gasteiger partial charge in [-0.1, -0.05) is 11.6 Å². The predicted molar refractivity (Wildman–Crippen MR) is 71.4 cm³/mol. The molecule has 0 atom stereocenters. The Labute approximate surface area is 112 Å². The Hall–Kier alpha value is -1.13. The van der Waals surface area contributed by atoms with Crippen LogP contribution in [0.2, 0.25) is 5.02 Å². The normalized spacial score (nSPS) is 14.5. The summed E-state index contributed by atoms with van der Waals surface area (Å²) in [5.74, 6) is 0.168. The monoisotopic (exact) mass is 267 g/mol. The van der Waals surface area contributed by atoms with E-state index in [0.29, 0.717) is 24.0 Å². The van der Waals surface area contributed by atoms with Gasteiger partial charge in [-0.2, -0.15) is 0 Å². The second kappa shape index (κ2) is 6.71. The van der Waals surface area contributed by atoms with E-state index in [9.17, 15) is 4.79 Å². The maximum absolute atomic E-state index is 11.4. The maximum Gasteiger partial charge on any atom is 0.220 e. The molecule has 1 aliphatic rings. The van der Waals surface area contributed by atoms with E-state index in [1.54, 1.807) is 12.4 Å². The molecule has 0 saturated heterocycles. The van der Waals surface area contributed by atoms with Gasteiger partial charge in [0.2, 0.25) is 5.91 Å². The minimum Gasteiger partial charge on any atom is -0.353 e. The Morgan fingerprint density at radius 1 is 1.50 bits per heavy atom. The highest BCUT2D eigenvalue weighted by molar-refractivity contribution is 6.31. The van der Waals surface area contributed by atoms with Crippen LogP contribution in [-0.2, 0) is 11.3 Å². The van der Waals surface area contributed by atoms with Gasteiger partial charge in [0.25, 0.3) is 0 Å². The van der Waals surface area contributed by atoms with Crippen molar-refractivity contribution in [1.82, 2.24) is 15.6 Å². The molecule has 1 aromatic rings. The second-order valence-electron chi connectivity index (χ2n) is 4.59. The Kier molecular flexibility index (Phi) is 4.96. The van der Waals surface area contributed by atoms with Crippen molar-refractivity contribution in [1.29, 1.82) is 0 Å². The summed E-state index contributed by atoms with van der Waals surface area (Å²) in [6, 6.07) is 2.36. The molecule has 98 valence electrons. The minimum absolute atomic E-state index is 0.168. The fraction of sp³-hybridized carbons (Fsp3) is 0.538. The molecule has 2 rings (SSSR count). The number of halogens is 1. The standard InChI is InChI=1S/C13H18ClN3O/c14-12-9-16-7-5-10(12)8-15-6-1-2-13(18)17-11-3-4-11/h5,7,9,11,15H,1-4,6,8H2,(H,17,18). The average molecular weight is 268 g/mol. The molecule has 18 heavy (non-hydrogen) atoms. The van der Waals surface area contributed by atoms with E-state index < -0.39 is 0 Å². The van der Waals surface area contributed by atoms with Gasteiger partial charge in [0, 0.05) is 31.4 Å². The van der Waals surface area contributed by atoms with Crippen LogP contribution in [0.15, 0.2) is 18.5 Å². The van der Waals surface area contributed by atoms with Crippen LogP contribution in [0.25, 0.3) is 0 Å². The lowest BCUT2D eigenvalue weighted by Crippen LogP contribution is -2.26. The van der Waals surface area contributed by atoms with Crippen LogP contribution < -0.4 is 10.6 Å². The van der Waals surface area contributed by atoms with Gasteiger partial charge < -0.3 is 10.6 Å². The molecule has 0 aliphatic heterocycles. The number of pyridine rings is 1. The highest BCUT2D eigenvalue weighted by Gasteiger charge is 2.22. The van der Waals surface area contributed by atoms with Gasteiger partial charge in [-0.15, -0.1) is 0 Å². The number of carbonyl (C=O) groups excluding carboxylic acids is 1. The van der Waals surface area contributed by atoms with Crippen LogP contribution in [0.4, 0.5) is 0 Å². The third-order valence-corrected chi connectivity index (χ3v) is 3.21. The summed E-state index contributed by atoms with van der Waals surface area (Å²) in [5, 5.41) is 6.93. The number of rotatable bonds is 7. The van der Waals surface area contributed by atoms with E-state index in [4.69, 9.17) is 11.6 Å². The summed E-state index contributed by atoms with van der Waals surface area (Å²) in [5.41, 5.74) is 1.04. The van der Waals surface area contributed by atoms with Crippen molar-refractivity contribution in [2.45, 2.75) is 38.3 Å². The minimum atomic E-state index is 0.168. The maximum atomic E-state index is 11.4. The van der Waals surface area contributed by atoms with Gasteiger partial charge >= 0.3 is 0 Å². The zero-order valence-electron chi connectivity index (χ0n) is 10.3. The van der Waals surface area contributed by atoms with Crippen LogP contribution >= 0.6 is 11.6 Å². The second-order valence-corrected chi connectivity index (χ2v) is 5.00. The quantitative estimate of drug-likeness (QED) is 0.742. The lowest BCUT2D eigenvalue weighted by Gasteiger charge is -2.06. The van der Waals surface area contributed by atoms with E-state index in [1.165, 1.54) is 0 Å². The first-order valence-electron chi connectivity index (χ1n) is 6.34. The van der Waals surface area contributed by atoms with Crippen molar-refractivity contribution in [2.75, 3.05) is 6.54 Å². The molecule has 0 spiro atoms. The average Bonchev–Trinajstić information content (AvgIpc) is 3.15. The molecule has 2 N–H and O–H groups in total. The van der Waals surface area contributed by atoms with Gasteiger partial charge in [0.1, 0.15) is 0 Å². The lowest BCUT2D eigenvalue weighted by atomic mass is 10.2. The van der Waals surface area contributed by atoms with E-state index >= 15 is 0 Å². The summed E-state index contributed by atoms with van der Waals surface area (Å²) >= 11 is 5.99. The first-order valence-corrected chi connectivity index (χ1v) is 6.72. The zero-order valence-corrected chi connectivity index (χ0v) is 11.0. The molecule has 0 aromatic carbocycles. The molecule has 0 bridgehead atoms. The van der Waals surface area contributed by atoms with Crippen molar-refractivity contribution in [3.63, 3.8) is 0 Å². The Morgan fingerprint density at radius 3 is 3.06 bits per heavy atom. The fourth-order valence-electron chi connectivity index (χ4n) is 1.67. The summed E-state index contributed by atoms with van der Waals surface area (Å²) in [4.78, 5) is 15.3. The number of nitrogens with zero attached hydrogens (tertiary/aromatic N) is 1. The van der Waals surface area contributed by atoms with Crippen LogP contribution in [0.1, 0.15) is 31.2 Å². The van der Waals surface area contributed by atoms with E-state index in [0.717, 1.165) is 31.4 Å². The number of hydrogen-bond donors (Lipinski definition) is 2. The van der Waals surface area contributed by atoms with Crippen LogP contribution in [0.3, 0.4) is 0 Å². The molecular weight excluding hydrogens is 250 g/mol. The first kappa shape index (κ1) is 13.3. The largest absolute Gasteiger partial charge is 0.353 e. The van der Waals surface area contributed by atoms with Crippen molar-refractivity contribution in [2.24, 2.45) is 0 Å². The van der Waals surface area contributed by atoms with Crippen molar-refractivity contribution < 1.29 is 4.79 Å². The van der Waals surface area contributed by atoms with Crippen LogP contribution in [-0.4, -0.2) is 23.5 Å². The molecule has 1 fully saturated rings. The van der Waals surface area contributed by atoms with E-state index in [2.05, 4.69) is 15.6 Å². The fourth-order valence-corrected chi connectivity index (χ4v) is 1.86. The molecule has 1 saturated carbocycles. The summed E-state index contributed by atoms with van der Waals surface area (Å²) < 4.78 is 0. The first-order chi connectivity index (χ1) is 8.75. The molecular formula is C13H18ClN3O. The molecule has 4 nitrogen and oxygen atoms in total. The smallest absolute Gasteiger partial charge is 0.220 e. The molecule has 0 unspecified atom stereocenters. The lowest BCUT2D eigenvalue weighted by molar-refractivity contribution is -0.121. The summed E-state index contributed by atoms with van der Waals surface area (Å²) in [6.07, 6.45) is 7.09. The number of amides is 1. The number of carbonyl (C=O) groups is 1. The van der Waals surface area contributed by atoms with Crippen molar-refractivity contribution in [3.05, 3.63) is 29.0 Å². The third kappa shape index (κ3) is 4.63. The van der Waals surface area contributed by atoms with Crippen molar-refractivity contribution in [3.8, 4) is 0 Å². The van der Waals surface area contributed by atoms with Crippen LogP contribution in [0.5, 0.6) is 0 Å². The van der Waals surface area contributed by atoms with Gasteiger partial charge in [-0.25, -0.2) is 0 Å². The Bertz CT molecular complexity index is 407. The zero-order chi connectivity index (χ0) is 12.8. The molecule has 1 heterocycles. The highest BCUT2D eigenvalue weighted by atomic mass is 35.5. The van der Waals surface area contributed by atoms with Gasteiger partial charge in [0.15, 0.2) is 0 Å². The molecule has 1 aliphatic carbocycles. The van der Waals surface area contributed by atoms with Crippen molar-refractivity contribution >= 4 is 17.5 Å². The molecule has 0 radical (unpaired) electrons. The van der Waals surface area contributed by atoms with Gasteiger partial charge in [-0.05, 0) is 37.4 Å². The molecule has 1 amide bonds. The third-order valence-electron chi connectivity index (χ3n) is 2.87. The molecule has 5 heteroatoms. The predicted octanol–water partition coefficient (Wildman–Crippen LogP) is 1.88. The van der Waals surface area contributed by atoms with Gasteiger partial charge in [0.05, 0.1) is 5.02 Å². The van der Waals surface area contributed by atoms with E-state index in [1.807, 2.05) is 6.07 Å². The topological polar surface area (TPSA) is 54.0 Å². The van der Waals surface area contributed by atoms with Gasteiger partial charge in [-0.3, -0.25) is 9.78 Å². The van der Waals surface area contributed by atoms with Crippen LogP contribution in [0, 0.1) is 0 Å². The highest BCUT2D eigenvalue weighted by Crippen LogP contribution is 2.18. The number of hydrogen-bond acceptors (Lipinski definition) is 3. The number of aromatic nitrogens is 1. The van der Waals surface area contributed by atoms with E-state index in [-0.39, 0.29) is 5.91 Å². The summed E-state index contributed by atoms with van der Waals surface area (Å²) in [6.45, 7) is 1.53. The SMILES string of the molecule is O=C(CCCNCc1ccncc1Cl)NC1CC1. The Morgan fingerprint density at radius 2 is 2.33 bits per heavy atom. The summed E-state index contributed by atoms with van der Waals surface area (Å²) in [7, 11) is 0.